The first kappa shape index (κ1) is 19.2. The number of nitrogens with one attached hydrogen (secondary N) is 1. The maximum absolute atomic E-state index is 5.32. The minimum absolute atomic E-state index is 0.539. The molecule has 1 saturated heterocycles. The number of likely N-dealkylation sites (tertiary alicyclic amines) is 1. The molecule has 2 atom stereocenters. The molecule has 0 aromatic heterocycles. The maximum Gasteiger partial charge on any atom is 0.193 e. The molecule has 2 heterocycles. The van der Waals surface area contributed by atoms with E-state index < -0.39 is 0 Å². The van der Waals surface area contributed by atoms with Crippen LogP contribution in [0, 0.1) is 5.92 Å². The quantitative estimate of drug-likeness (QED) is 0.626. The number of methoxy groups -OCH3 is 1. The molecule has 2 aliphatic heterocycles. The summed E-state index contributed by atoms with van der Waals surface area (Å²) in [7, 11) is 3.68. The third-order valence-electron chi connectivity index (χ3n) is 5.84. The molecule has 144 valence electrons. The molecule has 2 aliphatic rings. The summed E-state index contributed by atoms with van der Waals surface area (Å²) in [6.07, 6.45) is 3.50. The number of fused-ring (bicyclic) bond motifs is 1. The summed E-state index contributed by atoms with van der Waals surface area (Å²) in [4.78, 5) is 9.53. The number of nitrogens with zero attached hydrogens (tertiary/aromatic N) is 3. The van der Waals surface area contributed by atoms with Gasteiger partial charge in [-0.2, -0.15) is 0 Å². The highest BCUT2D eigenvalue weighted by molar-refractivity contribution is 5.80. The minimum Gasteiger partial charge on any atom is -0.384 e. The van der Waals surface area contributed by atoms with Gasteiger partial charge in [0.15, 0.2) is 5.96 Å². The van der Waals surface area contributed by atoms with Crippen LogP contribution in [0.1, 0.15) is 30.9 Å². The molecule has 1 N–H and O–H groups in total. The van der Waals surface area contributed by atoms with Gasteiger partial charge in [0.25, 0.3) is 0 Å². The molecule has 0 radical (unpaired) electrons. The Morgan fingerprint density at radius 1 is 1.31 bits per heavy atom. The van der Waals surface area contributed by atoms with Gasteiger partial charge in [-0.3, -0.25) is 9.89 Å². The van der Waals surface area contributed by atoms with Gasteiger partial charge in [-0.25, -0.2) is 0 Å². The SMILES string of the molecule is CCC(CNC(=NC)N1CCC(COC)C1)N1CCc2ccccc2C1. The Morgan fingerprint density at radius 2 is 2.12 bits per heavy atom. The normalized spacial score (nSPS) is 22.3. The van der Waals surface area contributed by atoms with Crippen LogP contribution in [0.25, 0.3) is 0 Å². The molecule has 1 aromatic carbocycles. The molecule has 5 heteroatoms. The van der Waals surface area contributed by atoms with Crippen LogP contribution in [-0.2, 0) is 17.7 Å². The van der Waals surface area contributed by atoms with Crippen molar-refractivity contribution in [3.05, 3.63) is 35.4 Å². The highest BCUT2D eigenvalue weighted by Crippen LogP contribution is 2.21. The first-order chi connectivity index (χ1) is 12.7. The van der Waals surface area contributed by atoms with Gasteiger partial charge in [-0.15, -0.1) is 0 Å². The lowest BCUT2D eigenvalue weighted by Crippen LogP contribution is -2.49. The van der Waals surface area contributed by atoms with Crippen molar-refractivity contribution in [3.63, 3.8) is 0 Å². The van der Waals surface area contributed by atoms with Crippen molar-refractivity contribution in [2.45, 2.75) is 38.8 Å². The summed E-state index contributed by atoms with van der Waals surface area (Å²) >= 11 is 0. The molecule has 3 rings (SSSR count). The van der Waals surface area contributed by atoms with Crippen molar-refractivity contribution >= 4 is 5.96 Å². The van der Waals surface area contributed by atoms with Crippen LogP contribution in [0.3, 0.4) is 0 Å². The Bertz CT molecular complexity index is 603. The third kappa shape index (κ3) is 4.57. The van der Waals surface area contributed by atoms with E-state index in [1.165, 1.54) is 17.5 Å². The molecule has 0 aliphatic carbocycles. The number of hydrogen-bond donors (Lipinski definition) is 1. The number of benzene rings is 1. The highest BCUT2D eigenvalue weighted by atomic mass is 16.5. The second-order valence-corrected chi connectivity index (χ2v) is 7.54. The standard InChI is InChI=1S/C21H34N4O/c1-4-20(24-12-10-18-7-5-6-8-19(18)15-24)13-23-21(22-2)25-11-9-17(14-25)16-26-3/h5-8,17,20H,4,9-16H2,1-3H3,(H,22,23). The van der Waals surface area contributed by atoms with Gasteiger partial charge in [0.1, 0.15) is 0 Å². The van der Waals surface area contributed by atoms with E-state index in [1.54, 1.807) is 7.11 Å². The van der Waals surface area contributed by atoms with Gasteiger partial charge >= 0.3 is 0 Å². The summed E-state index contributed by atoms with van der Waals surface area (Å²) in [6, 6.07) is 9.41. The van der Waals surface area contributed by atoms with Crippen molar-refractivity contribution < 1.29 is 4.74 Å². The first-order valence-corrected chi connectivity index (χ1v) is 10.0. The lowest BCUT2D eigenvalue weighted by molar-refractivity contribution is 0.157. The molecular weight excluding hydrogens is 324 g/mol. The molecule has 0 amide bonds. The molecule has 1 fully saturated rings. The van der Waals surface area contributed by atoms with E-state index in [0.717, 1.165) is 58.1 Å². The monoisotopic (exact) mass is 358 g/mol. The van der Waals surface area contributed by atoms with E-state index >= 15 is 0 Å². The summed E-state index contributed by atoms with van der Waals surface area (Å²) < 4.78 is 5.32. The molecule has 0 spiro atoms. The van der Waals surface area contributed by atoms with Crippen LogP contribution >= 0.6 is 0 Å². The summed E-state index contributed by atoms with van der Waals surface area (Å²) in [5.74, 6) is 1.67. The van der Waals surface area contributed by atoms with Gasteiger partial charge in [0.05, 0.1) is 6.61 Å². The molecule has 26 heavy (non-hydrogen) atoms. The zero-order chi connectivity index (χ0) is 18.4. The van der Waals surface area contributed by atoms with Crippen molar-refractivity contribution in [2.75, 3.05) is 46.9 Å². The average Bonchev–Trinajstić information content (AvgIpc) is 3.14. The number of rotatable bonds is 6. The van der Waals surface area contributed by atoms with Gasteiger partial charge in [-0.1, -0.05) is 31.2 Å². The van der Waals surface area contributed by atoms with E-state index in [9.17, 15) is 0 Å². The number of guanidine groups is 1. The van der Waals surface area contributed by atoms with Crippen LogP contribution in [0.4, 0.5) is 0 Å². The first-order valence-electron chi connectivity index (χ1n) is 10.0. The molecule has 5 nitrogen and oxygen atoms in total. The van der Waals surface area contributed by atoms with Gasteiger partial charge < -0.3 is 15.0 Å². The van der Waals surface area contributed by atoms with E-state index in [1.807, 2.05) is 7.05 Å². The predicted octanol–water partition coefficient (Wildman–Crippen LogP) is 2.37. The van der Waals surface area contributed by atoms with Crippen molar-refractivity contribution in [1.29, 1.82) is 0 Å². The van der Waals surface area contributed by atoms with Crippen LogP contribution in [0.15, 0.2) is 29.3 Å². The summed E-state index contributed by atoms with van der Waals surface area (Å²) in [5, 5.41) is 3.64. The Hall–Kier alpha value is -1.59. The summed E-state index contributed by atoms with van der Waals surface area (Å²) in [6.45, 7) is 8.42. The highest BCUT2D eigenvalue weighted by Gasteiger charge is 2.26. The minimum atomic E-state index is 0.539. The van der Waals surface area contributed by atoms with Gasteiger partial charge in [0.2, 0.25) is 0 Å². The van der Waals surface area contributed by atoms with Gasteiger partial charge in [-0.05, 0) is 30.4 Å². The number of aliphatic imine (C=N–C) groups is 1. The molecule has 0 bridgehead atoms. The fraction of sp³-hybridized carbons (Fsp3) is 0.667. The fourth-order valence-corrected chi connectivity index (χ4v) is 4.30. The Morgan fingerprint density at radius 3 is 2.85 bits per heavy atom. The Labute approximate surface area is 158 Å². The van der Waals surface area contributed by atoms with Crippen LogP contribution in [-0.4, -0.2) is 68.7 Å². The Balaban J connectivity index is 1.54. The number of ether oxygens (including phenoxy) is 1. The topological polar surface area (TPSA) is 40.1 Å². The van der Waals surface area contributed by atoms with Crippen LogP contribution in [0.5, 0.6) is 0 Å². The van der Waals surface area contributed by atoms with E-state index in [2.05, 4.69) is 51.3 Å². The molecular formula is C21H34N4O. The van der Waals surface area contributed by atoms with Crippen molar-refractivity contribution in [1.82, 2.24) is 15.1 Å². The van der Waals surface area contributed by atoms with Crippen molar-refractivity contribution in [3.8, 4) is 0 Å². The lowest BCUT2D eigenvalue weighted by atomic mass is 9.98. The maximum atomic E-state index is 5.32. The number of hydrogen-bond acceptors (Lipinski definition) is 3. The smallest absolute Gasteiger partial charge is 0.193 e. The van der Waals surface area contributed by atoms with Crippen LogP contribution in [0.2, 0.25) is 0 Å². The molecule has 2 unspecified atom stereocenters. The lowest BCUT2D eigenvalue weighted by Gasteiger charge is -2.36. The third-order valence-corrected chi connectivity index (χ3v) is 5.84. The zero-order valence-electron chi connectivity index (χ0n) is 16.6. The van der Waals surface area contributed by atoms with E-state index in [0.29, 0.717) is 12.0 Å². The summed E-state index contributed by atoms with van der Waals surface area (Å²) in [5.41, 5.74) is 3.01. The average molecular weight is 359 g/mol. The Kier molecular flexibility index (Phi) is 6.92. The molecule has 1 aromatic rings. The second-order valence-electron chi connectivity index (χ2n) is 7.54. The largest absolute Gasteiger partial charge is 0.384 e. The second kappa shape index (κ2) is 9.38. The fourth-order valence-electron chi connectivity index (χ4n) is 4.30. The van der Waals surface area contributed by atoms with Crippen LogP contribution < -0.4 is 5.32 Å². The van der Waals surface area contributed by atoms with Gasteiger partial charge in [0, 0.05) is 58.8 Å². The zero-order valence-corrected chi connectivity index (χ0v) is 16.6. The van der Waals surface area contributed by atoms with E-state index in [-0.39, 0.29) is 0 Å². The molecule has 0 saturated carbocycles. The predicted molar refractivity (Wildman–Crippen MR) is 108 cm³/mol. The van der Waals surface area contributed by atoms with Crippen molar-refractivity contribution in [2.24, 2.45) is 10.9 Å². The van der Waals surface area contributed by atoms with E-state index in [4.69, 9.17) is 4.74 Å².